The van der Waals surface area contributed by atoms with Crippen molar-refractivity contribution in [3.8, 4) is 16.8 Å². The molecule has 2 aliphatic rings. The van der Waals surface area contributed by atoms with Gasteiger partial charge in [0, 0.05) is 57.5 Å². The van der Waals surface area contributed by atoms with Gasteiger partial charge < -0.3 is 15.0 Å². The molecule has 0 radical (unpaired) electrons. The van der Waals surface area contributed by atoms with Crippen LogP contribution in [0.4, 0.5) is 18.0 Å². The van der Waals surface area contributed by atoms with Crippen molar-refractivity contribution in [2.24, 2.45) is 0 Å². The number of nitrogens with one attached hydrogen (secondary N) is 2. The molecule has 2 amide bonds. The van der Waals surface area contributed by atoms with Gasteiger partial charge in [-0.05, 0) is 95.7 Å². The summed E-state index contributed by atoms with van der Waals surface area (Å²) in [6.45, 7) is 17.0. The Kier molecular flexibility index (Phi) is 11.4. The van der Waals surface area contributed by atoms with Gasteiger partial charge in [0.15, 0.2) is 5.82 Å². The van der Waals surface area contributed by atoms with Crippen molar-refractivity contribution in [2.45, 2.75) is 104 Å². The first kappa shape index (κ1) is 39.9. The smallest absolute Gasteiger partial charge is 0.410 e. The van der Waals surface area contributed by atoms with E-state index < -0.39 is 23.1 Å². The SMILES string of the molecule is Cc1cc(-c2ccc(CN3CC[C@@H](N4CCN(C(=O)OC(C)(C)C)CC4)C[C@@H]3C)cc2)ccc1-n1cc(C(=O)NCc2nc(C(C)(C)C(F)(F)F)n[nH]2)cn1. The summed E-state index contributed by atoms with van der Waals surface area (Å²) < 4.78 is 47.3. The van der Waals surface area contributed by atoms with Crippen molar-refractivity contribution < 1.29 is 27.5 Å². The molecule has 4 heterocycles. The number of carbonyl (C=O) groups is 2. The molecule has 0 saturated carbocycles. The third-order valence-corrected chi connectivity index (χ3v) is 10.6. The lowest BCUT2D eigenvalue weighted by molar-refractivity contribution is -0.182. The minimum Gasteiger partial charge on any atom is -0.444 e. The van der Waals surface area contributed by atoms with Gasteiger partial charge in [-0.2, -0.15) is 23.4 Å². The lowest BCUT2D eigenvalue weighted by atomic mass is 9.92. The first-order valence-corrected chi connectivity index (χ1v) is 18.9. The Hall–Kier alpha value is -4.76. The molecule has 2 N–H and O–H groups in total. The lowest BCUT2D eigenvalue weighted by Gasteiger charge is -2.45. The van der Waals surface area contributed by atoms with Crippen LogP contribution in [0.2, 0.25) is 0 Å². The second kappa shape index (κ2) is 15.8. The van der Waals surface area contributed by atoms with Crippen LogP contribution in [-0.2, 0) is 23.2 Å². The van der Waals surface area contributed by atoms with Crippen LogP contribution in [0.25, 0.3) is 16.8 Å². The maximum absolute atomic E-state index is 13.4. The third-order valence-electron chi connectivity index (χ3n) is 10.6. The molecule has 296 valence electrons. The molecule has 6 rings (SSSR count). The number of alkyl halides is 3. The molecule has 0 unspecified atom stereocenters. The highest BCUT2D eigenvalue weighted by atomic mass is 19.4. The number of aromatic nitrogens is 5. The predicted octanol–water partition coefficient (Wildman–Crippen LogP) is 6.64. The van der Waals surface area contributed by atoms with Crippen LogP contribution in [0.15, 0.2) is 54.9 Å². The van der Waals surface area contributed by atoms with Gasteiger partial charge >= 0.3 is 12.3 Å². The Bertz CT molecular complexity index is 1960. The fraction of sp³-hybridized carbons (Fsp3) is 0.525. The van der Waals surface area contributed by atoms with Crippen molar-refractivity contribution in [3.63, 3.8) is 0 Å². The fourth-order valence-electron chi connectivity index (χ4n) is 7.11. The number of hydrogen-bond acceptors (Lipinski definition) is 8. The zero-order chi connectivity index (χ0) is 39.7. The summed E-state index contributed by atoms with van der Waals surface area (Å²) in [5, 5.41) is 13.2. The number of piperidine rings is 1. The van der Waals surface area contributed by atoms with E-state index in [1.165, 1.54) is 11.8 Å². The summed E-state index contributed by atoms with van der Waals surface area (Å²) in [6.07, 6.45) is 0.534. The van der Waals surface area contributed by atoms with Crippen molar-refractivity contribution in [1.29, 1.82) is 0 Å². The third kappa shape index (κ3) is 9.38. The molecule has 55 heavy (non-hydrogen) atoms. The van der Waals surface area contributed by atoms with E-state index in [1.807, 2.05) is 44.7 Å². The molecule has 0 bridgehead atoms. The maximum atomic E-state index is 13.4. The number of aryl methyl sites for hydroxylation is 1. The first-order valence-electron chi connectivity index (χ1n) is 18.9. The Balaban J connectivity index is 0.988. The van der Waals surface area contributed by atoms with Gasteiger partial charge in [-0.25, -0.2) is 14.5 Å². The predicted molar refractivity (Wildman–Crippen MR) is 203 cm³/mol. The number of benzene rings is 2. The molecule has 12 nitrogen and oxygen atoms in total. The number of aromatic amines is 1. The van der Waals surface area contributed by atoms with Gasteiger partial charge in [-0.3, -0.25) is 19.7 Å². The molecule has 2 aliphatic heterocycles. The van der Waals surface area contributed by atoms with Crippen LogP contribution in [-0.4, -0.2) is 108 Å². The van der Waals surface area contributed by atoms with E-state index in [1.54, 1.807) is 10.9 Å². The molecular weight excluding hydrogens is 711 g/mol. The summed E-state index contributed by atoms with van der Waals surface area (Å²) in [6, 6.07) is 15.8. The van der Waals surface area contributed by atoms with Gasteiger partial charge in [0.2, 0.25) is 0 Å². The average Bonchev–Trinajstić information content (AvgIpc) is 3.82. The summed E-state index contributed by atoms with van der Waals surface area (Å²) in [4.78, 5) is 36.2. The van der Waals surface area contributed by atoms with E-state index in [2.05, 4.69) is 72.7 Å². The highest BCUT2D eigenvalue weighted by Gasteiger charge is 2.51. The summed E-state index contributed by atoms with van der Waals surface area (Å²) in [5.74, 6) is -0.715. The number of H-pyrrole nitrogens is 1. The van der Waals surface area contributed by atoms with Crippen LogP contribution in [0, 0.1) is 6.92 Å². The van der Waals surface area contributed by atoms with E-state index in [9.17, 15) is 22.8 Å². The summed E-state index contributed by atoms with van der Waals surface area (Å²) in [7, 11) is 0. The van der Waals surface area contributed by atoms with Crippen LogP contribution < -0.4 is 5.32 Å². The Morgan fingerprint density at radius 2 is 1.65 bits per heavy atom. The van der Waals surface area contributed by atoms with Gasteiger partial charge in [0.1, 0.15) is 16.8 Å². The van der Waals surface area contributed by atoms with E-state index >= 15 is 0 Å². The number of amides is 2. The number of ether oxygens (including phenoxy) is 1. The second-order valence-corrected chi connectivity index (χ2v) is 16.3. The molecule has 0 aliphatic carbocycles. The maximum Gasteiger partial charge on any atom is 0.410 e. The van der Waals surface area contributed by atoms with Crippen LogP contribution >= 0.6 is 0 Å². The minimum absolute atomic E-state index is 0.117. The highest BCUT2D eigenvalue weighted by molar-refractivity contribution is 5.93. The van der Waals surface area contributed by atoms with Gasteiger partial charge in [-0.15, -0.1) is 0 Å². The monoisotopic (exact) mass is 763 g/mol. The standard InChI is InChI=1S/C40H52F3N9O3/c1-26-20-30(12-13-33(26)52-25-31(22-45-52)35(53)44-23-34-46-36(48-47-34)39(6,7)40(41,42)43)29-10-8-28(9-11-29)24-51-15-14-32(21-27(51)2)49-16-18-50(19-17-49)37(54)55-38(3,4)5/h8-13,20,22,25,27,32H,14-19,21,23-24H2,1-7H3,(H,44,53)(H,46,47,48)/t27-,32+/m0/s1. The van der Waals surface area contributed by atoms with E-state index in [0.29, 0.717) is 30.7 Å². The number of nitrogens with zero attached hydrogens (tertiary/aromatic N) is 7. The van der Waals surface area contributed by atoms with Crippen LogP contribution in [0.1, 0.15) is 87.5 Å². The molecule has 15 heteroatoms. The molecular formula is C40H52F3N9O3. The van der Waals surface area contributed by atoms with E-state index in [4.69, 9.17) is 4.74 Å². The lowest BCUT2D eigenvalue weighted by Crippen LogP contribution is -2.56. The van der Waals surface area contributed by atoms with Gasteiger partial charge in [-0.1, -0.05) is 30.3 Å². The number of hydrogen-bond donors (Lipinski definition) is 2. The quantitative estimate of drug-likeness (QED) is 0.195. The largest absolute Gasteiger partial charge is 0.444 e. The van der Waals surface area contributed by atoms with Crippen LogP contribution in [0.3, 0.4) is 0 Å². The first-order chi connectivity index (χ1) is 25.9. The minimum atomic E-state index is -4.52. The fourth-order valence-corrected chi connectivity index (χ4v) is 7.11. The Labute approximate surface area is 320 Å². The second-order valence-electron chi connectivity index (χ2n) is 16.3. The molecule has 0 spiro atoms. The highest BCUT2D eigenvalue weighted by Crippen LogP contribution is 2.38. The number of piperazine rings is 1. The van der Waals surface area contributed by atoms with Crippen molar-refractivity contribution in [3.05, 3.63) is 83.2 Å². The number of likely N-dealkylation sites (tertiary alicyclic amines) is 1. The molecule has 2 saturated heterocycles. The topological polar surface area (TPSA) is 125 Å². The number of halogens is 3. The molecule has 2 atom stereocenters. The Morgan fingerprint density at radius 3 is 2.29 bits per heavy atom. The molecule has 2 aromatic heterocycles. The number of rotatable bonds is 9. The van der Waals surface area contributed by atoms with Crippen molar-refractivity contribution >= 4 is 12.0 Å². The van der Waals surface area contributed by atoms with E-state index in [0.717, 1.165) is 75.2 Å². The van der Waals surface area contributed by atoms with Gasteiger partial charge in [0.05, 0.1) is 24.0 Å². The zero-order valence-electron chi connectivity index (χ0n) is 32.7. The normalized spacial score (nSPS) is 19.1. The summed E-state index contributed by atoms with van der Waals surface area (Å²) in [5.41, 5.74) is 2.81. The average molecular weight is 764 g/mol. The molecule has 4 aromatic rings. The van der Waals surface area contributed by atoms with Crippen molar-refractivity contribution in [2.75, 3.05) is 32.7 Å². The molecule has 2 aromatic carbocycles. The van der Waals surface area contributed by atoms with Crippen LogP contribution in [0.5, 0.6) is 0 Å². The van der Waals surface area contributed by atoms with E-state index in [-0.39, 0.29) is 24.3 Å². The zero-order valence-corrected chi connectivity index (χ0v) is 32.7. The van der Waals surface area contributed by atoms with Crippen molar-refractivity contribution in [1.82, 2.24) is 45.0 Å². The number of carbonyl (C=O) groups excluding carboxylic acids is 2. The Morgan fingerprint density at radius 1 is 0.964 bits per heavy atom. The molecule has 2 fully saturated rings. The van der Waals surface area contributed by atoms with Gasteiger partial charge in [0.25, 0.3) is 5.91 Å². The summed E-state index contributed by atoms with van der Waals surface area (Å²) >= 11 is 0.